The van der Waals surface area contributed by atoms with E-state index in [2.05, 4.69) is 28.5 Å². The lowest BCUT2D eigenvalue weighted by Crippen LogP contribution is -2.48. The summed E-state index contributed by atoms with van der Waals surface area (Å²) in [4.78, 5) is 17.7. The maximum Gasteiger partial charge on any atom is 0.339 e. The van der Waals surface area contributed by atoms with Crippen molar-refractivity contribution < 1.29 is 9.90 Å². The van der Waals surface area contributed by atoms with Crippen molar-refractivity contribution in [2.75, 3.05) is 17.3 Å². The van der Waals surface area contributed by atoms with Crippen LogP contribution in [0.2, 0.25) is 5.02 Å². The van der Waals surface area contributed by atoms with Crippen molar-refractivity contribution in [3.8, 4) is 0 Å². The minimum Gasteiger partial charge on any atom is -0.478 e. The van der Waals surface area contributed by atoms with Gasteiger partial charge in [-0.3, -0.25) is 0 Å². The molecule has 0 atom stereocenters. The molecule has 1 heterocycles. The second kappa shape index (κ2) is 8.56. The Labute approximate surface area is 211 Å². The first-order chi connectivity index (χ1) is 16.9. The molecular weight excluding hydrogens is 458 g/mol. The van der Waals surface area contributed by atoms with Gasteiger partial charge < -0.3 is 15.3 Å². The molecule has 2 N–H and O–H groups in total. The smallest absolute Gasteiger partial charge is 0.339 e. The topological polar surface area (TPSA) is 65.5 Å². The van der Waals surface area contributed by atoms with Crippen LogP contribution in [0.3, 0.4) is 0 Å². The number of carboxylic acids is 1. The molecule has 0 spiro atoms. The quantitative estimate of drug-likeness (QED) is 0.379. The molecule has 2 aromatic carbocycles. The number of carbonyl (C=O) groups is 1. The number of anilines is 4. The van der Waals surface area contributed by atoms with E-state index in [1.165, 1.54) is 44.1 Å². The molecule has 4 saturated carbocycles. The molecule has 0 amide bonds. The summed E-state index contributed by atoms with van der Waals surface area (Å²) in [6.45, 7) is 0. The lowest BCUT2D eigenvalue weighted by Gasteiger charge is -2.57. The lowest BCUT2D eigenvalue weighted by atomic mass is 9.48. The molecule has 7 rings (SSSR count). The standard InChI is InChI=1S/C29H30ClN3O2/c1-33(27-24(28(34)35)6-3-9-31-27)23-5-2-4-22(14-23)32-26-8-7-21(13-25(26)30)29-15-18-10-19(16-29)12-20(11-18)17-29/h2-9,13-14,18-20,32H,10-12,15-17H2,1H3,(H,34,35). The molecule has 0 radical (unpaired) electrons. The third-order valence-corrected chi connectivity index (χ3v) is 8.78. The van der Waals surface area contributed by atoms with E-state index >= 15 is 0 Å². The highest BCUT2D eigenvalue weighted by atomic mass is 35.5. The average Bonchev–Trinajstić information content (AvgIpc) is 2.84. The number of benzene rings is 2. The molecule has 6 heteroatoms. The largest absolute Gasteiger partial charge is 0.478 e. The van der Waals surface area contributed by atoms with Crippen molar-refractivity contribution in [2.45, 2.75) is 43.9 Å². The van der Waals surface area contributed by atoms with Crippen LogP contribution < -0.4 is 10.2 Å². The van der Waals surface area contributed by atoms with Gasteiger partial charge in [-0.1, -0.05) is 23.7 Å². The number of nitrogens with zero attached hydrogens (tertiary/aromatic N) is 2. The van der Waals surface area contributed by atoms with E-state index in [9.17, 15) is 9.90 Å². The van der Waals surface area contributed by atoms with Gasteiger partial charge in [-0.15, -0.1) is 0 Å². The monoisotopic (exact) mass is 487 g/mol. The van der Waals surface area contributed by atoms with Crippen molar-refractivity contribution in [3.63, 3.8) is 0 Å². The van der Waals surface area contributed by atoms with Crippen LogP contribution in [0, 0.1) is 17.8 Å². The maximum atomic E-state index is 11.6. The van der Waals surface area contributed by atoms with Gasteiger partial charge in [-0.25, -0.2) is 9.78 Å². The molecule has 4 aliphatic rings. The molecule has 1 aromatic heterocycles. The summed E-state index contributed by atoms with van der Waals surface area (Å²) in [5.74, 6) is 2.10. The minimum absolute atomic E-state index is 0.164. The summed E-state index contributed by atoms with van der Waals surface area (Å²) in [5.41, 5.74) is 4.49. The summed E-state index contributed by atoms with van der Waals surface area (Å²) < 4.78 is 0. The van der Waals surface area contributed by atoms with E-state index in [0.29, 0.717) is 11.2 Å². The van der Waals surface area contributed by atoms with E-state index in [-0.39, 0.29) is 5.56 Å². The van der Waals surface area contributed by atoms with E-state index in [1.54, 1.807) is 23.2 Å². The van der Waals surface area contributed by atoms with Gasteiger partial charge in [-0.05, 0) is 110 Å². The summed E-state index contributed by atoms with van der Waals surface area (Å²) >= 11 is 6.83. The van der Waals surface area contributed by atoms with Gasteiger partial charge >= 0.3 is 5.97 Å². The molecule has 180 valence electrons. The Morgan fingerprint density at radius 3 is 2.40 bits per heavy atom. The molecule has 4 fully saturated rings. The molecule has 0 saturated heterocycles. The highest BCUT2D eigenvalue weighted by Crippen LogP contribution is 2.61. The summed E-state index contributed by atoms with van der Waals surface area (Å²) in [7, 11) is 1.82. The molecule has 5 nitrogen and oxygen atoms in total. The van der Waals surface area contributed by atoms with Gasteiger partial charge in [-0.2, -0.15) is 0 Å². The number of rotatable bonds is 6. The normalized spacial score (nSPS) is 26.5. The van der Waals surface area contributed by atoms with Crippen LogP contribution in [0.4, 0.5) is 22.9 Å². The number of aromatic carboxylic acids is 1. The number of aromatic nitrogens is 1. The zero-order valence-electron chi connectivity index (χ0n) is 19.9. The van der Waals surface area contributed by atoms with Crippen LogP contribution in [0.5, 0.6) is 0 Å². The third kappa shape index (κ3) is 4.06. The summed E-state index contributed by atoms with van der Waals surface area (Å²) in [6.07, 6.45) is 9.87. The van der Waals surface area contributed by atoms with Crippen LogP contribution in [0.15, 0.2) is 60.8 Å². The fourth-order valence-corrected chi connectivity index (χ4v) is 7.54. The molecule has 4 aliphatic carbocycles. The van der Waals surface area contributed by atoms with Gasteiger partial charge in [0.25, 0.3) is 0 Å². The van der Waals surface area contributed by atoms with E-state index in [1.807, 2.05) is 31.3 Å². The molecule has 0 unspecified atom stereocenters. The molecule has 0 aliphatic heterocycles. The Kier molecular flexibility index (Phi) is 5.48. The highest BCUT2D eigenvalue weighted by Gasteiger charge is 2.51. The third-order valence-electron chi connectivity index (χ3n) is 8.47. The van der Waals surface area contributed by atoms with Crippen LogP contribution >= 0.6 is 11.6 Å². The summed E-state index contributed by atoms with van der Waals surface area (Å²) in [6, 6.07) is 17.6. The number of hydrogen-bond acceptors (Lipinski definition) is 4. The predicted molar refractivity (Wildman–Crippen MR) is 140 cm³/mol. The zero-order chi connectivity index (χ0) is 24.2. The van der Waals surface area contributed by atoms with Crippen molar-refractivity contribution in [1.29, 1.82) is 0 Å². The van der Waals surface area contributed by atoms with Crippen LogP contribution in [0.1, 0.15) is 54.4 Å². The SMILES string of the molecule is CN(c1cccc(Nc2ccc(C34CC5CC(CC(C5)C3)C4)cc2Cl)c1)c1ncccc1C(=O)O. The lowest BCUT2D eigenvalue weighted by molar-refractivity contribution is -0.00518. The van der Waals surface area contributed by atoms with E-state index in [4.69, 9.17) is 11.6 Å². The van der Waals surface area contributed by atoms with E-state index < -0.39 is 5.97 Å². The molecule has 4 bridgehead atoms. The summed E-state index contributed by atoms with van der Waals surface area (Å²) in [5, 5.41) is 13.7. The minimum atomic E-state index is -1.000. The maximum absolute atomic E-state index is 11.6. The average molecular weight is 488 g/mol. The number of nitrogens with one attached hydrogen (secondary N) is 1. The van der Waals surface area contributed by atoms with Gasteiger partial charge in [0.05, 0.1) is 10.7 Å². The van der Waals surface area contributed by atoms with Crippen LogP contribution in [-0.4, -0.2) is 23.1 Å². The van der Waals surface area contributed by atoms with Crippen molar-refractivity contribution >= 4 is 40.5 Å². The van der Waals surface area contributed by atoms with E-state index in [0.717, 1.165) is 39.8 Å². The highest BCUT2D eigenvalue weighted by molar-refractivity contribution is 6.33. The number of pyridine rings is 1. The van der Waals surface area contributed by atoms with Crippen LogP contribution in [0.25, 0.3) is 0 Å². The van der Waals surface area contributed by atoms with Crippen molar-refractivity contribution in [2.24, 2.45) is 17.8 Å². The first-order valence-electron chi connectivity index (χ1n) is 12.5. The van der Waals surface area contributed by atoms with Gasteiger partial charge in [0.2, 0.25) is 0 Å². The van der Waals surface area contributed by atoms with Crippen molar-refractivity contribution in [1.82, 2.24) is 4.98 Å². The first kappa shape index (κ1) is 22.4. The number of halogens is 1. The van der Waals surface area contributed by atoms with Crippen molar-refractivity contribution in [3.05, 3.63) is 76.9 Å². The van der Waals surface area contributed by atoms with Gasteiger partial charge in [0.1, 0.15) is 11.4 Å². The molecular formula is C29H30ClN3O2. The molecule has 3 aromatic rings. The predicted octanol–water partition coefficient (Wildman–Crippen LogP) is 7.41. The fraction of sp³-hybridized carbons (Fsp3) is 0.379. The molecule has 35 heavy (non-hydrogen) atoms. The fourth-order valence-electron chi connectivity index (χ4n) is 7.31. The second-order valence-corrected chi connectivity index (χ2v) is 11.2. The Hall–Kier alpha value is -3.05. The second-order valence-electron chi connectivity index (χ2n) is 10.8. The Balaban J connectivity index is 1.24. The zero-order valence-corrected chi connectivity index (χ0v) is 20.6. The van der Waals surface area contributed by atoms with Gasteiger partial charge in [0.15, 0.2) is 0 Å². The number of carboxylic acid groups (broad SMARTS) is 1. The van der Waals surface area contributed by atoms with Crippen LogP contribution in [-0.2, 0) is 5.41 Å². The Morgan fingerprint density at radius 1 is 1.03 bits per heavy atom. The Bertz CT molecular complexity index is 1260. The number of hydrogen-bond donors (Lipinski definition) is 2. The van der Waals surface area contributed by atoms with Gasteiger partial charge in [0, 0.05) is 24.6 Å². The Morgan fingerprint density at radius 2 is 1.74 bits per heavy atom. The first-order valence-corrected chi connectivity index (χ1v) is 12.9.